The molecule has 0 aromatic heterocycles. The number of nitrogens with zero attached hydrogens (tertiary/aromatic N) is 1. The number of hydrogen-bond donors (Lipinski definition) is 1. The number of amides is 2. The highest BCUT2D eigenvalue weighted by atomic mass is 16.5. The molecule has 4 rings (SSSR count). The highest BCUT2D eigenvalue weighted by Gasteiger charge is 2.26. The molecule has 0 radical (unpaired) electrons. The Bertz CT molecular complexity index is 918. The summed E-state index contributed by atoms with van der Waals surface area (Å²) >= 11 is 0. The lowest BCUT2D eigenvalue weighted by molar-refractivity contribution is 0.0633. The zero-order valence-electron chi connectivity index (χ0n) is 17.8. The molecule has 1 N–H and O–H groups in total. The molecule has 0 bridgehead atoms. The van der Waals surface area contributed by atoms with Gasteiger partial charge in [0.2, 0.25) is 0 Å². The Morgan fingerprint density at radius 1 is 1.00 bits per heavy atom. The summed E-state index contributed by atoms with van der Waals surface area (Å²) in [5.41, 5.74) is 3.77. The molecule has 2 aromatic carbocycles. The molecule has 5 heteroatoms. The molecule has 1 heterocycles. The van der Waals surface area contributed by atoms with Crippen molar-refractivity contribution >= 4 is 11.8 Å². The van der Waals surface area contributed by atoms with Crippen molar-refractivity contribution in [3.8, 4) is 5.75 Å². The highest BCUT2D eigenvalue weighted by molar-refractivity contribution is 5.95. The first-order chi connectivity index (χ1) is 14.5. The minimum atomic E-state index is -0.0168. The first kappa shape index (κ1) is 20.5. The Balaban J connectivity index is 1.30. The Kier molecular flexibility index (Phi) is 6.07. The van der Waals surface area contributed by atoms with Gasteiger partial charge in [-0.1, -0.05) is 6.07 Å². The summed E-state index contributed by atoms with van der Waals surface area (Å²) in [7, 11) is 0. The molecule has 1 aliphatic carbocycles. The van der Waals surface area contributed by atoms with Crippen LogP contribution in [0.3, 0.4) is 0 Å². The average Bonchev–Trinajstić information content (AvgIpc) is 3.58. The molecule has 158 valence electrons. The van der Waals surface area contributed by atoms with Crippen LogP contribution in [0.5, 0.6) is 5.75 Å². The molecule has 0 spiro atoms. The van der Waals surface area contributed by atoms with Crippen molar-refractivity contribution in [2.75, 3.05) is 19.7 Å². The van der Waals surface area contributed by atoms with Gasteiger partial charge in [0.25, 0.3) is 11.8 Å². The number of ether oxygens (including phenoxy) is 1. The van der Waals surface area contributed by atoms with Gasteiger partial charge in [-0.05, 0) is 87.1 Å². The van der Waals surface area contributed by atoms with Crippen molar-refractivity contribution in [2.24, 2.45) is 5.92 Å². The molecule has 1 atom stereocenters. The van der Waals surface area contributed by atoms with Gasteiger partial charge in [0.05, 0.1) is 6.61 Å². The lowest BCUT2D eigenvalue weighted by Crippen LogP contribution is -2.41. The van der Waals surface area contributed by atoms with Crippen molar-refractivity contribution in [1.82, 2.24) is 10.2 Å². The molecule has 1 saturated heterocycles. The quantitative estimate of drug-likeness (QED) is 0.785. The monoisotopic (exact) mass is 406 g/mol. The van der Waals surface area contributed by atoms with Gasteiger partial charge >= 0.3 is 0 Å². The predicted octanol–water partition coefficient (Wildman–Crippen LogP) is 4.13. The van der Waals surface area contributed by atoms with Crippen LogP contribution in [-0.2, 0) is 0 Å². The van der Waals surface area contributed by atoms with E-state index in [1.54, 1.807) is 0 Å². The summed E-state index contributed by atoms with van der Waals surface area (Å²) in [6.45, 7) is 6.19. The van der Waals surface area contributed by atoms with Gasteiger partial charge in [0.1, 0.15) is 5.75 Å². The molecule has 2 aliphatic rings. The van der Waals surface area contributed by atoms with Gasteiger partial charge in [-0.3, -0.25) is 9.59 Å². The van der Waals surface area contributed by atoms with Crippen LogP contribution in [0.15, 0.2) is 42.5 Å². The minimum absolute atomic E-state index is 0.0168. The number of likely N-dealkylation sites (tertiary alicyclic amines) is 1. The number of benzene rings is 2. The smallest absolute Gasteiger partial charge is 0.253 e. The minimum Gasteiger partial charge on any atom is -0.493 e. The van der Waals surface area contributed by atoms with E-state index in [1.807, 2.05) is 54.3 Å². The number of carbonyl (C=O) groups excluding carboxylic acids is 2. The number of carbonyl (C=O) groups is 2. The highest BCUT2D eigenvalue weighted by Crippen LogP contribution is 2.22. The predicted molar refractivity (Wildman–Crippen MR) is 117 cm³/mol. The van der Waals surface area contributed by atoms with E-state index < -0.39 is 0 Å². The van der Waals surface area contributed by atoms with Gasteiger partial charge in [-0.25, -0.2) is 0 Å². The van der Waals surface area contributed by atoms with Crippen molar-refractivity contribution in [3.05, 3.63) is 64.7 Å². The third-order valence-corrected chi connectivity index (χ3v) is 6.07. The third kappa shape index (κ3) is 5.02. The van der Waals surface area contributed by atoms with Gasteiger partial charge in [0.15, 0.2) is 0 Å². The van der Waals surface area contributed by atoms with Gasteiger partial charge in [-0.15, -0.1) is 0 Å². The largest absolute Gasteiger partial charge is 0.493 e. The Labute approximate surface area is 178 Å². The fourth-order valence-corrected chi connectivity index (χ4v) is 3.86. The topological polar surface area (TPSA) is 58.6 Å². The number of rotatable bonds is 6. The molecule has 2 aromatic rings. The van der Waals surface area contributed by atoms with Crippen LogP contribution < -0.4 is 10.1 Å². The van der Waals surface area contributed by atoms with Crippen LogP contribution >= 0.6 is 0 Å². The van der Waals surface area contributed by atoms with E-state index in [9.17, 15) is 9.59 Å². The van der Waals surface area contributed by atoms with E-state index >= 15 is 0 Å². The maximum atomic E-state index is 12.9. The molecular formula is C25H30N2O3. The number of aryl methyl sites for hydroxylation is 2. The zero-order chi connectivity index (χ0) is 21.1. The van der Waals surface area contributed by atoms with E-state index in [-0.39, 0.29) is 11.8 Å². The Morgan fingerprint density at radius 3 is 2.43 bits per heavy atom. The number of piperidine rings is 1. The van der Waals surface area contributed by atoms with E-state index in [4.69, 9.17) is 4.74 Å². The fourth-order valence-electron chi connectivity index (χ4n) is 3.86. The molecule has 5 nitrogen and oxygen atoms in total. The van der Waals surface area contributed by atoms with Crippen LogP contribution in [0.4, 0.5) is 0 Å². The zero-order valence-corrected chi connectivity index (χ0v) is 17.8. The fraction of sp³-hybridized carbons (Fsp3) is 0.440. The Hall–Kier alpha value is -2.82. The molecule has 1 saturated carbocycles. The van der Waals surface area contributed by atoms with E-state index in [2.05, 4.69) is 12.2 Å². The first-order valence-electron chi connectivity index (χ1n) is 10.9. The summed E-state index contributed by atoms with van der Waals surface area (Å²) in [4.78, 5) is 26.9. The third-order valence-electron chi connectivity index (χ3n) is 6.07. The summed E-state index contributed by atoms with van der Waals surface area (Å²) in [6.07, 6.45) is 4.21. The van der Waals surface area contributed by atoms with Crippen LogP contribution in [0.25, 0.3) is 0 Å². The van der Waals surface area contributed by atoms with Crippen LogP contribution in [0.2, 0.25) is 0 Å². The molecular weight excluding hydrogens is 376 g/mol. The lowest BCUT2D eigenvalue weighted by atomic mass is 9.97. The van der Waals surface area contributed by atoms with E-state index in [1.165, 1.54) is 5.56 Å². The summed E-state index contributed by atoms with van der Waals surface area (Å²) in [5.74, 6) is 1.16. The molecule has 2 fully saturated rings. The van der Waals surface area contributed by atoms with Crippen LogP contribution in [0.1, 0.15) is 57.5 Å². The molecule has 1 aliphatic heterocycles. The van der Waals surface area contributed by atoms with Crippen molar-refractivity contribution < 1.29 is 14.3 Å². The second-order valence-electron chi connectivity index (χ2n) is 8.64. The second-order valence-corrected chi connectivity index (χ2v) is 8.64. The van der Waals surface area contributed by atoms with Crippen molar-refractivity contribution in [2.45, 2.75) is 45.6 Å². The normalized spacial score (nSPS) is 18.7. The molecule has 2 amide bonds. The van der Waals surface area contributed by atoms with Crippen molar-refractivity contribution in [1.29, 1.82) is 0 Å². The van der Waals surface area contributed by atoms with Crippen molar-refractivity contribution in [3.63, 3.8) is 0 Å². The van der Waals surface area contributed by atoms with Crippen LogP contribution in [0, 0.1) is 19.8 Å². The first-order valence-corrected chi connectivity index (χ1v) is 10.9. The SMILES string of the molecule is Cc1ccc(C(=O)N2CCC[C@@H](COc3ccc(C(=O)NC4CC4)cc3)C2)cc1C. The molecule has 0 unspecified atom stereocenters. The van der Waals surface area contributed by atoms with Gasteiger partial charge in [0, 0.05) is 36.2 Å². The summed E-state index contributed by atoms with van der Waals surface area (Å²) < 4.78 is 5.97. The maximum Gasteiger partial charge on any atom is 0.253 e. The van der Waals surface area contributed by atoms with Gasteiger partial charge < -0.3 is 15.0 Å². The standard InChI is InChI=1S/C25H30N2O3/c1-17-5-6-21(14-18(17)2)25(29)27-13-3-4-19(15-27)16-30-23-11-7-20(8-12-23)24(28)26-22-9-10-22/h5-8,11-12,14,19,22H,3-4,9-10,13,15-16H2,1-2H3,(H,26,28)/t19-/m1/s1. The number of hydrogen-bond acceptors (Lipinski definition) is 3. The summed E-state index contributed by atoms with van der Waals surface area (Å²) in [5, 5.41) is 2.99. The lowest BCUT2D eigenvalue weighted by Gasteiger charge is -2.32. The number of nitrogens with one attached hydrogen (secondary N) is 1. The van der Waals surface area contributed by atoms with E-state index in [0.29, 0.717) is 30.7 Å². The molecule has 30 heavy (non-hydrogen) atoms. The van der Waals surface area contributed by atoms with E-state index in [0.717, 1.165) is 49.1 Å². The maximum absolute atomic E-state index is 12.9. The van der Waals surface area contributed by atoms with Gasteiger partial charge in [-0.2, -0.15) is 0 Å². The van der Waals surface area contributed by atoms with Crippen LogP contribution in [-0.4, -0.2) is 42.5 Å². The second kappa shape index (κ2) is 8.90. The summed E-state index contributed by atoms with van der Waals surface area (Å²) in [6, 6.07) is 13.6. The Morgan fingerprint density at radius 2 is 1.73 bits per heavy atom. The average molecular weight is 407 g/mol.